The molecule has 1 fully saturated rings. The summed E-state index contributed by atoms with van der Waals surface area (Å²) in [7, 11) is 1.22. The fraction of sp³-hybridized carbons (Fsp3) is 0.548. The average molecular weight is 720 g/mol. The Morgan fingerprint density at radius 1 is 0.962 bits per heavy atom. The number of aryl methyl sites for hydroxylation is 1. The highest BCUT2D eigenvalue weighted by Gasteiger charge is 2.46. The zero-order valence-corrected chi connectivity index (χ0v) is 31.1. The van der Waals surface area contributed by atoms with Crippen LogP contribution in [0.4, 0.5) is 0 Å². The third-order valence-corrected chi connectivity index (χ3v) is 9.39. The molecule has 0 aliphatic carbocycles. The lowest BCUT2D eigenvalue weighted by molar-refractivity contribution is -0.168. The Labute approximate surface area is 309 Å². The number of methoxy groups -OCH3 is 1. The second kappa shape index (κ2) is 22.7. The maximum absolute atomic E-state index is 13.7. The number of hydrogen-bond acceptors (Lipinski definition) is 8. The molecule has 284 valence electrons. The number of carbonyl (C=O) groups is 3. The van der Waals surface area contributed by atoms with Gasteiger partial charge < -0.3 is 34.5 Å². The van der Waals surface area contributed by atoms with Crippen LogP contribution in [0.1, 0.15) is 95.6 Å². The fourth-order valence-electron chi connectivity index (χ4n) is 6.51. The molecule has 3 atom stereocenters. The Kier molecular flexibility index (Phi) is 18.4. The topological polar surface area (TPSA) is 141 Å². The second-order valence-corrected chi connectivity index (χ2v) is 13.3. The number of carboxylic acids is 1. The van der Waals surface area contributed by atoms with E-state index in [-0.39, 0.29) is 19.4 Å². The first-order valence-electron chi connectivity index (χ1n) is 18.6. The summed E-state index contributed by atoms with van der Waals surface area (Å²) in [5.74, 6) is 1.30. The molecule has 3 rings (SSSR count). The van der Waals surface area contributed by atoms with Crippen LogP contribution in [0.2, 0.25) is 0 Å². The van der Waals surface area contributed by atoms with Crippen LogP contribution in [-0.4, -0.2) is 72.4 Å². The van der Waals surface area contributed by atoms with Gasteiger partial charge in [0.15, 0.2) is 11.4 Å². The number of allylic oxidation sites excluding steroid dienone is 1. The molecular formula is C42H57NO9. The molecule has 1 aliphatic heterocycles. The smallest absolute Gasteiger partial charge is 0.336 e. The van der Waals surface area contributed by atoms with E-state index in [0.29, 0.717) is 31.8 Å². The van der Waals surface area contributed by atoms with E-state index in [1.807, 2.05) is 6.07 Å². The van der Waals surface area contributed by atoms with Crippen LogP contribution < -0.4 is 10.1 Å². The molecule has 2 aromatic rings. The minimum atomic E-state index is -2.35. The molecule has 10 heteroatoms. The number of esters is 1. The van der Waals surface area contributed by atoms with Crippen molar-refractivity contribution in [3.63, 3.8) is 0 Å². The van der Waals surface area contributed by atoms with Crippen molar-refractivity contribution in [2.75, 3.05) is 26.9 Å². The van der Waals surface area contributed by atoms with E-state index < -0.39 is 41.2 Å². The molecule has 0 saturated carbocycles. The third kappa shape index (κ3) is 13.8. The maximum Gasteiger partial charge on any atom is 0.336 e. The van der Waals surface area contributed by atoms with Gasteiger partial charge in [-0.2, -0.15) is 0 Å². The Bertz CT molecular complexity index is 1460. The van der Waals surface area contributed by atoms with Gasteiger partial charge in [0.05, 0.1) is 26.2 Å². The summed E-state index contributed by atoms with van der Waals surface area (Å²) in [6.07, 6.45) is 12.7. The van der Waals surface area contributed by atoms with Crippen molar-refractivity contribution in [2.24, 2.45) is 5.92 Å². The van der Waals surface area contributed by atoms with Gasteiger partial charge in [0.25, 0.3) is 0 Å². The van der Waals surface area contributed by atoms with Gasteiger partial charge in [0.1, 0.15) is 18.4 Å². The van der Waals surface area contributed by atoms with E-state index in [2.05, 4.69) is 41.4 Å². The Morgan fingerprint density at radius 3 is 2.27 bits per heavy atom. The van der Waals surface area contributed by atoms with E-state index in [0.717, 1.165) is 63.4 Å². The van der Waals surface area contributed by atoms with Crippen molar-refractivity contribution in [3.05, 3.63) is 77.9 Å². The minimum absolute atomic E-state index is 0.0915. The summed E-state index contributed by atoms with van der Waals surface area (Å²) in [5.41, 5.74) is -0.289. The largest absolute Gasteiger partial charge is 0.481 e. The van der Waals surface area contributed by atoms with Gasteiger partial charge in [-0.15, -0.1) is 5.92 Å². The first kappa shape index (κ1) is 42.2. The molecule has 3 N–H and O–H groups in total. The van der Waals surface area contributed by atoms with Crippen LogP contribution in [0.3, 0.4) is 0 Å². The number of carboxylic acid groups (broad SMARTS) is 1. The zero-order chi connectivity index (χ0) is 37.7. The molecule has 52 heavy (non-hydrogen) atoms. The highest BCUT2D eigenvalue weighted by molar-refractivity contribution is 5.92. The lowest BCUT2D eigenvalue weighted by Crippen LogP contribution is -2.54. The molecule has 0 bridgehead atoms. The molecule has 0 aromatic heterocycles. The molecule has 1 amide bonds. The first-order valence-corrected chi connectivity index (χ1v) is 18.6. The zero-order valence-electron chi connectivity index (χ0n) is 31.1. The van der Waals surface area contributed by atoms with Crippen LogP contribution in [0.15, 0.2) is 66.7 Å². The first-order chi connectivity index (χ1) is 25.2. The summed E-state index contributed by atoms with van der Waals surface area (Å²) < 4.78 is 22.7. The van der Waals surface area contributed by atoms with Crippen molar-refractivity contribution in [1.82, 2.24) is 5.32 Å². The van der Waals surface area contributed by atoms with Crippen molar-refractivity contribution in [2.45, 2.75) is 115 Å². The molecule has 1 heterocycles. The number of hydrogen-bond donors (Lipinski definition) is 3. The van der Waals surface area contributed by atoms with E-state index >= 15 is 0 Å². The summed E-state index contributed by atoms with van der Waals surface area (Å²) in [4.78, 5) is 38.8. The van der Waals surface area contributed by atoms with Gasteiger partial charge in [-0.3, -0.25) is 4.79 Å². The quantitative estimate of drug-likeness (QED) is 0.0476. The minimum Gasteiger partial charge on any atom is -0.481 e. The summed E-state index contributed by atoms with van der Waals surface area (Å²) in [6.45, 7) is 4.96. The molecule has 0 radical (unpaired) electrons. The predicted octanol–water partition coefficient (Wildman–Crippen LogP) is 6.57. The SMILES string of the molecule is CC#CCOc1ccc(C[C@H](NC(=O)[C@@H](/C=C/CCCCCCC2(CCCCc3ccccc3)OCCO2)[C@@](O)(CCC)C(=O)O)C(=O)OC)cc1. The number of benzene rings is 2. The summed E-state index contributed by atoms with van der Waals surface area (Å²) >= 11 is 0. The van der Waals surface area contributed by atoms with Gasteiger partial charge in [0.2, 0.25) is 5.91 Å². The van der Waals surface area contributed by atoms with E-state index in [4.69, 9.17) is 18.9 Å². The van der Waals surface area contributed by atoms with Gasteiger partial charge in [-0.1, -0.05) is 86.7 Å². The van der Waals surface area contributed by atoms with E-state index in [1.54, 1.807) is 44.2 Å². The van der Waals surface area contributed by atoms with Crippen LogP contribution in [0.25, 0.3) is 0 Å². The lowest BCUT2D eigenvalue weighted by Gasteiger charge is -2.30. The standard InChI is InChI=1S/C42H57NO9/c1-4-6-29-50-35-24-22-34(23-25-35)32-37(39(45)49-3)43-38(44)36(42(48,26-5-2)40(46)47)21-14-9-7-8-10-16-27-41(51-30-31-52-41)28-17-15-20-33-18-12-11-13-19-33/h11-14,18-19,21-25,36-37,48H,5,7-10,15-17,20,26-32H2,1-3H3,(H,43,44)(H,46,47)/b21-14+/t36-,37+,42+/m1/s1. The van der Waals surface area contributed by atoms with Crippen molar-refractivity contribution < 1.29 is 43.5 Å². The number of carbonyl (C=O) groups excluding carboxylic acids is 2. The molecule has 0 unspecified atom stereocenters. The average Bonchev–Trinajstić information content (AvgIpc) is 3.62. The third-order valence-electron chi connectivity index (χ3n) is 9.39. The van der Waals surface area contributed by atoms with E-state index in [9.17, 15) is 24.6 Å². The molecule has 1 aliphatic rings. The van der Waals surface area contributed by atoms with Crippen LogP contribution in [-0.2, 0) is 41.4 Å². The predicted molar refractivity (Wildman–Crippen MR) is 199 cm³/mol. The van der Waals surface area contributed by atoms with Crippen LogP contribution in [0.5, 0.6) is 5.75 Å². The van der Waals surface area contributed by atoms with Crippen LogP contribution >= 0.6 is 0 Å². The normalized spacial score (nSPS) is 15.9. The Morgan fingerprint density at radius 2 is 1.63 bits per heavy atom. The molecule has 2 aromatic carbocycles. The summed E-state index contributed by atoms with van der Waals surface area (Å²) in [5, 5.41) is 24.0. The number of amides is 1. The van der Waals surface area contributed by atoms with Crippen LogP contribution in [0, 0.1) is 17.8 Å². The second-order valence-electron chi connectivity index (χ2n) is 13.3. The number of aliphatic carboxylic acids is 1. The molecule has 10 nitrogen and oxygen atoms in total. The summed E-state index contributed by atoms with van der Waals surface area (Å²) in [6, 6.07) is 16.4. The molecular weight excluding hydrogens is 662 g/mol. The highest BCUT2D eigenvalue weighted by atomic mass is 16.7. The van der Waals surface area contributed by atoms with Gasteiger partial charge in [0, 0.05) is 19.3 Å². The van der Waals surface area contributed by atoms with Gasteiger partial charge in [-0.05, 0) is 75.1 Å². The van der Waals surface area contributed by atoms with Crippen molar-refractivity contribution in [1.29, 1.82) is 0 Å². The molecule has 1 saturated heterocycles. The number of unbranched alkanes of at least 4 members (excludes halogenated alkanes) is 5. The number of rotatable bonds is 24. The van der Waals surface area contributed by atoms with Crippen molar-refractivity contribution in [3.8, 4) is 17.6 Å². The molecule has 0 spiro atoms. The Hall–Kier alpha value is -4.17. The highest BCUT2D eigenvalue weighted by Crippen LogP contribution is 2.32. The number of nitrogens with one attached hydrogen (secondary N) is 1. The van der Waals surface area contributed by atoms with Crippen molar-refractivity contribution >= 4 is 17.8 Å². The van der Waals surface area contributed by atoms with Gasteiger partial charge >= 0.3 is 11.9 Å². The monoisotopic (exact) mass is 719 g/mol. The van der Waals surface area contributed by atoms with Gasteiger partial charge in [-0.25, -0.2) is 9.59 Å². The lowest BCUT2D eigenvalue weighted by atomic mass is 9.82. The maximum atomic E-state index is 13.7. The van der Waals surface area contributed by atoms with E-state index in [1.165, 1.54) is 18.7 Å². The number of aliphatic hydroxyl groups is 1. The number of ether oxygens (including phenoxy) is 4. The fourth-order valence-corrected chi connectivity index (χ4v) is 6.51. The Balaban J connectivity index is 1.54.